The van der Waals surface area contributed by atoms with Crippen LogP contribution in [0.3, 0.4) is 0 Å². The van der Waals surface area contributed by atoms with Gasteiger partial charge in [-0.05, 0) is 24.7 Å². The zero-order chi connectivity index (χ0) is 16.2. The normalized spacial score (nSPS) is 28.9. The summed E-state index contributed by atoms with van der Waals surface area (Å²) in [5.41, 5.74) is -5.86. The third kappa shape index (κ3) is 2.45. The standard InChI is InChI=1S/C10H12F3NO5S2/c1-6(15)14(21(18,19)10(11,12)13)20(16,17)9-5-7-2-3-8(9)4-7/h2-3,7-9H,4-5H2,1H3. The molecule has 2 bridgehead atoms. The minimum absolute atomic E-state index is 0.0145. The van der Waals surface area contributed by atoms with Crippen LogP contribution in [-0.2, 0) is 24.8 Å². The summed E-state index contributed by atoms with van der Waals surface area (Å²) in [6, 6.07) is 0. The van der Waals surface area contributed by atoms with Gasteiger partial charge in [0.15, 0.2) is 0 Å². The van der Waals surface area contributed by atoms with Crippen LogP contribution in [0.5, 0.6) is 0 Å². The van der Waals surface area contributed by atoms with Gasteiger partial charge >= 0.3 is 15.5 Å². The largest absolute Gasteiger partial charge is 0.517 e. The molecule has 120 valence electrons. The summed E-state index contributed by atoms with van der Waals surface area (Å²) in [4.78, 5) is 11.3. The number of rotatable bonds is 3. The van der Waals surface area contributed by atoms with Gasteiger partial charge in [-0.25, -0.2) is 8.42 Å². The fourth-order valence-electron chi connectivity index (χ4n) is 2.77. The van der Waals surface area contributed by atoms with E-state index in [2.05, 4.69) is 0 Å². The maximum absolute atomic E-state index is 12.6. The van der Waals surface area contributed by atoms with E-state index in [1.54, 1.807) is 6.08 Å². The van der Waals surface area contributed by atoms with Crippen molar-refractivity contribution < 1.29 is 34.8 Å². The van der Waals surface area contributed by atoms with E-state index in [-0.39, 0.29) is 12.3 Å². The minimum Gasteiger partial charge on any atom is -0.273 e. The number of hydrogen-bond acceptors (Lipinski definition) is 5. The molecular weight excluding hydrogens is 335 g/mol. The summed E-state index contributed by atoms with van der Waals surface area (Å²) < 4.78 is 84.0. The molecule has 21 heavy (non-hydrogen) atoms. The van der Waals surface area contributed by atoms with E-state index in [0.29, 0.717) is 13.3 Å². The number of fused-ring (bicyclic) bond motifs is 2. The van der Waals surface area contributed by atoms with Crippen molar-refractivity contribution in [2.45, 2.75) is 30.5 Å². The predicted octanol–water partition coefficient (Wildman–Crippen LogP) is 0.979. The Bertz CT molecular complexity index is 695. The number of nitrogens with zero attached hydrogens (tertiary/aromatic N) is 1. The molecule has 1 fully saturated rings. The lowest BCUT2D eigenvalue weighted by molar-refractivity contribution is -0.122. The molecule has 11 heteroatoms. The molecule has 0 aromatic heterocycles. The van der Waals surface area contributed by atoms with Crippen molar-refractivity contribution in [3.05, 3.63) is 12.2 Å². The summed E-state index contributed by atoms with van der Waals surface area (Å²) in [5.74, 6) is -2.37. The lowest BCUT2D eigenvalue weighted by Gasteiger charge is -2.27. The van der Waals surface area contributed by atoms with Crippen LogP contribution in [0.2, 0.25) is 0 Å². The molecule has 0 radical (unpaired) electrons. The van der Waals surface area contributed by atoms with Gasteiger partial charge in [-0.2, -0.15) is 21.6 Å². The summed E-state index contributed by atoms with van der Waals surface area (Å²) >= 11 is 0. The molecule has 0 saturated heterocycles. The molecule has 1 saturated carbocycles. The van der Waals surface area contributed by atoms with E-state index >= 15 is 0 Å². The first-order chi connectivity index (χ1) is 9.39. The minimum atomic E-state index is -6.28. The van der Waals surface area contributed by atoms with Gasteiger partial charge < -0.3 is 0 Å². The Morgan fingerprint density at radius 1 is 1.14 bits per heavy atom. The number of alkyl halides is 3. The zero-order valence-corrected chi connectivity index (χ0v) is 12.4. The Morgan fingerprint density at radius 2 is 1.71 bits per heavy atom. The third-order valence-corrected chi connectivity index (χ3v) is 8.12. The van der Waals surface area contributed by atoms with Crippen molar-refractivity contribution in [1.82, 2.24) is 3.71 Å². The van der Waals surface area contributed by atoms with Gasteiger partial charge in [-0.15, -0.1) is 3.71 Å². The quantitative estimate of drug-likeness (QED) is 0.710. The molecule has 2 rings (SSSR count). The lowest BCUT2D eigenvalue weighted by atomic mass is 10.1. The molecular formula is C10H12F3NO5S2. The summed E-state index contributed by atoms with van der Waals surface area (Å²) in [6.07, 6.45) is 3.73. The van der Waals surface area contributed by atoms with Crippen LogP contribution >= 0.6 is 0 Å². The van der Waals surface area contributed by atoms with Crippen LogP contribution < -0.4 is 0 Å². The number of carbonyl (C=O) groups is 1. The topological polar surface area (TPSA) is 88.6 Å². The van der Waals surface area contributed by atoms with Crippen molar-refractivity contribution in [2.24, 2.45) is 11.8 Å². The maximum Gasteiger partial charge on any atom is 0.517 e. The maximum atomic E-state index is 12.6. The Labute approximate surface area is 119 Å². The first kappa shape index (κ1) is 16.3. The highest BCUT2D eigenvalue weighted by Gasteiger charge is 2.58. The van der Waals surface area contributed by atoms with Crippen molar-refractivity contribution >= 4 is 26.0 Å². The number of halogens is 3. The molecule has 6 nitrogen and oxygen atoms in total. The number of amides is 1. The van der Waals surface area contributed by atoms with Crippen molar-refractivity contribution in [2.75, 3.05) is 0 Å². The SMILES string of the molecule is CC(=O)N(S(=O)(=O)C1CC2C=CC1C2)S(=O)(=O)C(F)(F)F. The molecule has 2 aliphatic carbocycles. The summed E-state index contributed by atoms with van der Waals surface area (Å²) in [7, 11) is -11.2. The van der Waals surface area contributed by atoms with Gasteiger partial charge in [0, 0.05) is 6.92 Å². The van der Waals surface area contributed by atoms with Crippen LogP contribution in [0.25, 0.3) is 0 Å². The molecule has 0 aliphatic heterocycles. The van der Waals surface area contributed by atoms with Crippen molar-refractivity contribution in [3.8, 4) is 0 Å². The summed E-state index contributed by atoms with van der Waals surface area (Å²) in [5, 5.41) is -1.33. The van der Waals surface area contributed by atoms with Gasteiger partial charge in [0.25, 0.3) is 10.0 Å². The van der Waals surface area contributed by atoms with Gasteiger partial charge in [-0.3, -0.25) is 4.79 Å². The second-order valence-electron chi connectivity index (χ2n) is 5.03. The summed E-state index contributed by atoms with van der Waals surface area (Å²) in [6.45, 7) is 0.476. The van der Waals surface area contributed by atoms with Crippen LogP contribution in [0.1, 0.15) is 19.8 Å². The molecule has 0 aromatic rings. The molecule has 3 atom stereocenters. The molecule has 3 unspecified atom stereocenters. The first-order valence-electron chi connectivity index (χ1n) is 5.93. The van der Waals surface area contributed by atoms with Gasteiger partial charge in [0.1, 0.15) is 0 Å². The monoisotopic (exact) mass is 347 g/mol. The average molecular weight is 347 g/mol. The lowest BCUT2D eigenvalue weighted by Crippen LogP contribution is -2.50. The van der Waals surface area contributed by atoms with Crippen molar-refractivity contribution in [1.29, 1.82) is 0 Å². The predicted molar refractivity (Wildman–Crippen MR) is 65.6 cm³/mol. The fraction of sp³-hybridized carbons (Fsp3) is 0.700. The zero-order valence-electron chi connectivity index (χ0n) is 10.7. The first-order valence-corrected chi connectivity index (χ1v) is 8.88. The van der Waals surface area contributed by atoms with Crippen molar-refractivity contribution in [3.63, 3.8) is 0 Å². The van der Waals surface area contributed by atoms with E-state index in [4.69, 9.17) is 0 Å². The highest BCUT2D eigenvalue weighted by atomic mass is 32.3. The highest BCUT2D eigenvalue weighted by molar-refractivity contribution is 8.05. The molecule has 2 aliphatic rings. The highest BCUT2D eigenvalue weighted by Crippen LogP contribution is 2.44. The number of sulfonamides is 2. The van der Waals surface area contributed by atoms with E-state index in [1.807, 2.05) is 0 Å². The molecule has 1 amide bonds. The molecule has 0 N–H and O–H groups in total. The number of allylic oxidation sites excluding steroid dienone is 2. The Morgan fingerprint density at radius 3 is 2.05 bits per heavy atom. The molecule has 0 heterocycles. The van der Waals surface area contributed by atoms with E-state index < -0.39 is 46.3 Å². The van der Waals surface area contributed by atoms with Gasteiger partial charge in [0.05, 0.1) is 5.25 Å². The third-order valence-electron chi connectivity index (χ3n) is 3.60. The number of carbonyl (C=O) groups excluding carboxylic acids is 1. The molecule has 0 spiro atoms. The van der Waals surface area contributed by atoms with E-state index in [9.17, 15) is 34.8 Å². The van der Waals surface area contributed by atoms with Crippen LogP contribution in [-0.4, -0.2) is 37.2 Å². The molecule has 0 aromatic carbocycles. The van der Waals surface area contributed by atoms with Crippen LogP contribution in [0, 0.1) is 11.8 Å². The Balaban J connectivity index is 2.49. The van der Waals surface area contributed by atoms with E-state index in [1.165, 1.54) is 6.08 Å². The van der Waals surface area contributed by atoms with Crippen LogP contribution in [0.15, 0.2) is 12.2 Å². The smallest absolute Gasteiger partial charge is 0.273 e. The Kier molecular flexibility index (Phi) is 3.64. The van der Waals surface area contributed by atoms with Gasteiger partial charge in [0.2, 0.25) is 5.91 Å². The second-order valence-corrected chi connectivity index (χ2v) is 9.04. The van der Waals surface area contributed by atoms with E-state index in [0.717, 1.165) is 0 Å². The fourth-order valence-corrected chi connectivity index (χ4v) is 6.72. The Hall–Kier alpha value is -1.10. The second kappa shape index (κ2) is 4.70. The number of hydrogen-bond donors (Lipinski definition) is 0. The van der Waals surface area contributed by atoms with Crippen LogP contribution in [0.4, 0.5) is 13.2 Å². The average Bonchev–Trinajstić information content (AvgIpc) is 2.87. The van der Waals surface area contributed by atoms with Gasteiger partial charge in [-0.1, -0.05) is 12.2 Å².